The maximum Gasteiger partial charge on any atom is 0.306 e. The van der Waals surface area contributed by atoms with E-state index in [1.54, 1.807) is 0 Å². The molecular formula is C57H92O5. The van der Waals surface area contributed by atoms with Gasteiger partial charge in [0.05, 0.1) is 6.61 Å². The van der Waals surface area contributed by atoms with E-state index in [9.17, 15) is 9.59 Å². The van der Waals surface area contributed by atoms with Gasteiger partial charge in [0.25, 0.3) is 0 Å². The van der Waals surface area contributed by atoms with E-state index >= 15 is 0 Å². The second kappa shape index (κ2) is 51.6. The van der Waals surface area contributed by atoms with Crippen molar-refractivity contribution in [1.29, 1.82) is 0 Å². The van der Waals surface area contributed by atoms with E-state index in [4.69, 9.17) is 14.2 Å². The fraction of sp³-hybridized carbons (Fsp3) is 0.614. The summed E-state index contributed by atoms with van der Waals surface area (Å²) in [6.45, 7) is 7.43. The topological polar surface area (TPSA) is 61.8 Å². The van der Waals surface area contributed by atoms with Crippen LogP contribution in [0.1, 0.15) is 201 Å². The molecule has 0 aromatic rings. The maximum absolute atomic E-state index is 12.7. The molecule has 0 fully saturated rings. The van der Waals surface area contributed by atoms with E-state index in [0.717, 1.165) is 128 Å². The summed E-state index contributed by atoms with van der Waals surface area (Å²) in [6.07, 6.45) is 72.1. The van der Waals surface area contributed by atoms with Crippen LogP contribution in [0.3, 0.4) is 0 Å². The number of rotatable bonds is 44. The third-order valence-electron chi connectivity index (χ3n) is 9.99. The summed E-state index contributed by atoms with van der Waals surface area (Å²) in [5.74, 6) is -0.469. The monoisotopic (exact) mass is 857 g/mol. The van der Waals surface area contributed by atoms with Gasteiger partial charge in [-0.3, -0.25) is 9.59 Å². The maximum atomic E-state index is 12.7. The number of carbonyl (C=O) groups is 2. The molecule has 0 aromatic carbocycles. The fourth-order valence-electron chi connectivity index (χ4n) is 6.33. The molecule has 350 valence electrons. The van der Waals surface area contributed by atoms with Gasteiger partial charge in [-0.05, 0) is 109 Å². The first-order valence-electron chi connectivity index (χ1n) is 25.1. The number of unbranched alkanes of at least 4 members (excludes halogenated alkanes) is 13. The molecule has 0 heterocycles. The highest BCUT2D eigenvalue weighted by atomic mass is 16.6. The quantitative estimate of drug-likeness (QED) is 0.0347. The first-order chi connectivity index (χ1) is 30.6. The van der Waals surface area contributed by atoms with Crippen LogP contribution in [0.25, 0.3) is 0 Å². The third kappa shape index (κ3) is 49.0. The average molecular weight is 857 g/mol. The molecule has 0 saturated heterocycles. The van der Waals surface area contributed by atoms with E-state index in [1.165, 1.54) is 38.5 Å². The molecule has 0 aromatic heterocycles. The lowest BCUT2D eigenvalue weighted by molar-refractivity contribution is -0.163. The highest BCUT2D eigenvalue weighted by molar-refractivity contribution is 5.70. The normalized spacial score (nSPS) is 13.3. The largest absolute Gasteiger partial charge is 0.462 e. The zero-order valence-corrected chi connectivity index (χ0v) is 40.1. The van der Waals surface area contributed by atoms with Crippen LogP contribution in [0.4, 0.5) is 0 Å². The van der Waals surface area contributed by atoms with Crippen LogP contribution >= 0.6 is 0 Å². The third-order valence-corrected chi connectivity index (χ3v) is 9.99. The molecular weight excluding hydrogens is 765 g/mol. The summed E-state index contributed by atoms with van der Waals surface area (Å²) in [5.41, 5.74) is 0. The molecule has 62 heavy (non-hydrogen) atoms. The van der Waals surface area contributed by atoms with Crippen molar-refractivity contribution < 1.29 is 23.8 Å². The van der Waals surface area contributed by atoms with E-state index < -0.39 is 6.10 Å². The van der Waals surface area contributed by atoms with Crippen LogP contribution in [0.2, 0.25) is 0 Å². The molecule has 0 aliphatic rings. The van der Waals surface area contributed by atoms with E-state index in [2.05, 4.69) is 142 Å². The number of carbonyl (C=O) groups excluding carboxylic acids is 2. The Kier molecular flexibility index (Phi) is 48.6. The van der Waals surface area contributed by atoms with Crippen molar-refractivity contribution >= 4 is 11.9 Å². The number of esters is 2. The predicted molar refractivity (Wildman–Crippen MR) is 269 cm³/mol. The number of hydrogen-bond donors (Lipinski definition) is 0. The Balaban J connectivity index is 4.36. The fourth-order valence-corrected chi connectivity index (χ4v) is 6.33. The Morgan fingerprint density at radius 2 is 0.726 bits per heavy atom. The molecule has 0 bridgehead atoms. The second-order valence-corrected chi connectivity index (χ2v) is 16.0. The average Bonchev–Trinajstić information content (AvgIpc) is 3.27. The van der Waals surface area contributed by atoms with E-state index in [-0.39, 0.29) is 25.2 Å². The van der Waals surface area contributed by atoms with Crippen molar-refractivity contribution in [3.8, 4) is 0 Å². The van der Waals surface area contributed by atoms with Crippen molar-refractivity contribution in [3.63, 3.8) is 0 Å². The summed E-state index contributed by atoms with van der Waals surface area (Å²) < 4.78 is 17.3. The van der Waals surface area contributed by atoms with Gasteiger partial charge in [-0.1, -0.05) is 200 Å². The number of allylic oxidation sites excluding steroid dienone is 20. The highest BCUT2D eigenvalue weighted by Gasteiger charge is 2.17. The van der Waals surface area contributed by atoms with E-state index in [1.807, 2.05) is 0 Å². The number of ether oxygens (including phenoxy) is 3. The molecule has 0 spiro atoms. The van der Waals surface area contributed by atoms with Gasteiger partial charge in [0.2, 0.25) is 0 Å². The number of hydrogen-bond acceptors (Lipinski definition) is 5. The van der Waals surface area contributed by atoms with Crippen molar-refractivity contribution in [2.24, 2.45) is 0 Å². The van der Waals surface area contributed by atoms with E-state index in [0.29, 0.717) is 19.4 Å². The Labute approximate surface area is 382 Å². The zero-order chi connectivity index (χ0) is 44.9. The molecule has 1 unspecified atom stereocenters. The van der Waals surface area contributed by atoms with Gasteiger partial charge in [0.1, 0.15) is 6.61 Å². The van der Waals surface area contributed by atoms with Crippen LogP contribution in [0, 0.1) is 0 Å². The second-order valence-electron chi connectivity index (χ2n) is 16.0. The Morgan fingerprint density at radius 1 is 0.371 bits per heavy atom. The summed E-state index contributed by atoms with van der Waals surface area (Å²) in [5, 5.41) is 0. The zero-order valence-electron chi connectivity index (χ0n) is 40.1. The first kappa shape index (κ1) is 58.3. The SMILES string of the molecule is CC/C=C\C/C=C\C/C=C\C/C=C\C/C=C\CCCCCC(=O)OCC(COCCCC/C=C\C/C=C\C/C=C\C/C=C\C/C=C\CC)OC(=O)CCCCCCCCCCC. The smallest absolute Gasteiger partial charge is 0.306 e. The first-order valence-corrected chi connectivity index (χ1v) is 25.1. The molecule has 5 heteroatoms. The van der Waals surface area contributed by atoms with Crippen LogP contribution in [-0.2, 0) is 23.8 Å². The minimum atomic E-state index is -0.577. The molecule has 0 amide bonds. The summed E-state index contributed by atoms with van der Waals surface area (Å²) in [7, 11) is 0. The van der Waals surface area contributed by atoms with Crippen molar-refractivity contribution in [3.05, 3.63) is 122 Å². The summed E-state index contributed by atoms with van der Waals surface area (Å²) in [6, 6.07) is 0. The minimum absolute atomic E-state index is 0.0441. The molecule has 0 N–H and O–H groups in total. The van der Waals surface area contributed by atoms with Crippen LogP contribution < -0.4 is 0 Å². The van der Waals surface area contributed by atoms with Gasteiger partial charge in [-0.15, -0.1) is 0 Å². The van der Waals surface area contributed by atoms with Crippen LogP contribution in [0.15, 0.2) is 122 Å². The standard InChI is InChI=1S/C57H92O5/c1-4-7-10-13-16-19-21-23-25-27-29-30-32-34-36-39-41-44-47-50-56(58)61-54-55(62-57(59)51-48-45-42-38-18-15-12-9-6-3)53-60-52-49-46-43-40-37-35-33-31-28-26-24-22-20-17-14-11-8-5-2/h7-8,10-11,16-17,19-20,23-26,29-31,33-34,36-37,40,55H,4-6,9,12-15,18,21-22,27-28,32,35,38-39,41-54H2,1-3H3/b10-7-,11-8-,19-16-,20-17-,25-23-,26-24-,30-29-,33-31-,36-34-,40-37-. The molecule has 0 rings (SSSR count). The van der Waals surface area contributed by atoms with Gasteiger partial charge < -0.3 is 14.2 Å². The van der Waals surface area contributed by atoms with Gasteiger partial charge in [-0.25, -0.2) is 0 Å². The van der Waals surface area contributed by atoms with Gasteiger partial charge in [-0.2, -0.15) is 0 Å². The summed E-state index contributed by atoms with van der Waals surface area (Å²) >= 11 is 0. The predicted octanol–water partition coefficient (Wildman–Crippen LogP) is 17.0. The molecule has 0 aliphatic carbocycles. The molecule has 0 radical (unpaired) electrons. The lowest BCUT2D eigenvalue weighted by Crippen LogP contribution is -2.30. The molecule has 1 atom stereocenters. The Morgan fingerprint density at radius 3 is 1.16 bits per heavy atom. The summed E-state index contributed by atoms with van der Waals surface area (Å²) in [4.78, 5) is 25.3. The minimum Gasteiger partial charge on any atom is -0.462 e. The lowest BCUT2D eigenvalue weighted by atomic mass is 10.1. The van der Waals surface area contributed by atoms with Gasteiger partial charge >= 0.3 is 11.9 Å². The van der Waals surface area contributed by atoms with Crippen molar-refractivity contribution in [1.82, 2.24) is 0 Å². The molecule has 5 nitrogen and oxygen atoms in total. The van der Waals surface area contributed by atoms with Crippen LogP contribution in [0.5, 0.6) is 0 Å². The highest BCUT2D eigenvalue weighted by Crippen LogP contribution is 2.12. The van der Waals surface area contributed by atoms with Crippen molar-refractivity contribution in [2.45, 2.75) is 207 Å². The lowest BCUT2D eigenvalue weighted by Gasteiger charge is -2.18. The molecule has 0 aliphatic heterocycles. The van der Waals surface area contributed by atoms with Gasteiger partial charge in [0, 0.05) is 19.4 Å². The van der Waals surface area contributed by atoms with Gasteiger partial charge in [0.15, 0.2) is 6.10 Å². The Hall–Kier alpha value is -3.70. The van der Waals surface area contributed by atoms with Crippen LogP contribution in [-0.4, -0.2) is 37.9 Å². The molecule has 0 saturated carbocycles. The van der Waals surface area contributed by atoms with Crippen molar-refractivity contribution in [2.75, 3.05) is 19.8 Å². The Bertz CT molecular complexity index is 1290.